The van der Waals surface area contributed by atoms with Crippen molar-refractivity contribution in [1.29, 1.82) is 0 Å². The van der Waals surface area contributed by atoms with Gasteiger partial charge in [-0.15, -0.1) is 0 Å². The highest BCUT2D eigenvalue weighted by Crippen LogP contribution is 2.31. The van der Waals surface area contributed by atoms with Crippen molar-refractivity contribution in [2.24, 2.45) is 5.92 Å². The van der Waals surface area contributed by atoms with Crippen molar-refractivity contribution in [3.8, 4) is 0 Å². The van der Waals surface area contributed by atoms with E-state index in [9.17, 15) is 14.4 Å². The van der Waals surface area contributed by atoms with Gasteiger partial charge in [-0.3, -0.25) is 9.59 Å². The summed E-state index contributed by atoms with van der Waals surface area (Å²) in [5, 5.41) is 6.14. The van der Waals surface area contributed by atoms with Gasteiger partial charge in [0.2, 0.25) is 5.91 Å². The molecule has 38 heavy (non-hydrogen) atoms. The van der Waals surface area contributed by atoms with Gasteiger partial charge in [-0.25, -0.2) is 4.79 Å². The second kappa shape index (κ2) is 13.1. The quantitative estimate of drug-likeness (QED) is 0.367. The highest BCUT2D eigenvalue weighted by atomic mass is 35.5. The first-order valence-electron chi connectivity index (χ1n) is 13.1. The molecule has 8 heteroatoms. The van der Waals surface area contributed by atoms with Gasteiger partial charge in [0, 0.05) is 6.54 Å². The Morgan fingerprint density at radius 3 is 2.16 bits per heavy atom. The van der Waals surface area contributed by atoms with Crippen LogP contribution in [0.2, 0.25) is 5.02 Å². The predicted octanol–water partition coefficient (Wildman–Crippen LogP) is 6.73. The molecule has 0 saturated carbocycles. The maximum Gasteiger partial charge on any atom is 0.408 e. The monoisotopic (exact) mass is 543 g/mol. The van der Waals surface area contributed by atoms with Gasteiger partial charge in [0.1, 0.15) is 17.7 Å². The van der Waals surface area contributed by atoms with Crippen LogP contribution in [0.15, 0.2) is 36.4 Å². The lowest BCUT2D eigenvalue weighted by atomic mass is 9.94. The van der Waals surface area contributed by atoms with Crippen LogP contribution in [0.3, 0.4) is 0 Å². The lowest BCUT2D eigenvalue weighted by molar-refractivity contribution is -0.140. The highest BCUT2D eigenvalue weighted by Gasteiger charge is 2.37. The van der Waals surface area contributed by atoms with Crippen LogP contribution in [0.25, 0.3) is 0 Å². The molecule has 2 unspecified atom stereocenters. The maximum absolute atomic E-state index is 14.1. The van der Waals surface area contributed by atoms with Crippen molar-refractivity contribution < 1.29 is 19.1 Å². The first kappa shape index (κ1) is 31.2. The number of para-hydroxylation sites is 1. The van der Waals surface area contributed by atoms with Crippen molar-refractivity contribution in [3.05, 3.63) is 63.7 Å². The van der Waals surface area contributed by atoms with E-state index in [2.05, 4.69) is 10.6 Å². The fourth-order valence-corrected chi connectivity index (χ4v) is 4.58. The van der Waals surface area contributed by atoms with E-state index in [1.165, 1.54) is 4.90 Å². The van der Waals surface area contributed by atoms with E-state index in [0.29, 0.717) is 22.7 Å². The van der Waals surface area contributed by atoms with E-state index in [-0.39, 0.29) is 24.3 Å². The van der Waals surface area contributed by atoms with Gasteiger partial charge in [0.05, 0.1) is 10.7 Å². The number of benzene rings is 2. The number of halogens is 1. The molecule has 2 N–H and O–H groups in total. The molecule has 0 radical (unpaired) electrons. The van der Waals surface area contributed by atoms with E-state index in [1.807, 2.05) is 71.9 Å². The third-order valence-corrected chi connectivity index (χ3v) is 6.61. The molecule has 0 bridgehead atoms. The molecular formula is C30H42ClN3O4. The number of rotatable bonds is 9. The van der Waals surface area contributed by atoms with Crippen LogP contribution < -0.4 is 10.6 Å². The van der Waals surface area contributed by atoms with Gasteiger partial charge in [-0.2, -0.15) is 0 Å². The molecule has 0 saturated heterocycles. The number of hydrogen-bond donors (Lipinski definition) is 2. The van der Waals surface area contributed by atoms with E-state index >= 15 is 0 Å². The molecule has 7 nitrogen and oxygen atoms in total. The van der Waals surface area contributed by atoms with Gasteiger partial charge in [0.25, 0.3) is 5.91 Å². The van der Waals surface area contributed by atoms with E-state index in [1.54, 1.807) is 26.8 Å². The SMILES string of the molecule is CCN(C(=O)C(CC(C)C)NC(=O)OC(C)(C)C)C(C(=O)Nc1c(C)cccc1Cl)c1cccc(C)c1C. The Morgan fingerprint density at radius 2 is 1.61 bits per heavy atom. The minimum atomic E-state index is -0.946. The maximum atomic E-state index is 14.1. The normalized spacial score (nSPS) is 13.0. The van der Waals surface area contributed by atoms with Crippen LogP contribution in [0.1, 0.15) is 76.3 Å². The van der Waals surface area contributed by atoms with Gasteiger partial charge in [0.15, 0.2) is 0 Å². The summed E-state index contributed by atoms with van der Waals surface area (Å²) >= 11 is 6.42. The van der Waals surface area contributed by atoms with Crippen LogP contribution >= 0.6 is 11.6 Å². The van der Waals surface area contributed by atoms with Gasteiger partial charge >= 0.3 is 6.09 Å². The fourth-order valence-electron chi connectivity index (χ4n) is 4.31. The molecule has 0 heterocycles. The standard InChI is InChI=1S/C30H42ClN3O4/c1-10-34(28(36)24(17-18(2)3)32-29(37)38-30(7,8)9)26(22-15-11-13-19(4)21(22)6)27(35)33-25-20(5)14-12-16-23(25)31/h11-16,18,24,26H,10,17H2,1-9H3,(H,32,37)(H,33,35). The molecular weight excluding hydrogens is 502 g/mol. The second-order valence-electron chi connectivity index (χ2n) is 11.1. The molecule has 2 aromatic rings. The molecule has 0 fully saturated rings. The third kappa shape index (κ3) is 8.22. The summed E-state index contributed by atoms with van der Waals surface area (Å²) in [5.41, 5.74) is 3.22. The minimum Gasteiger partial charge on any atom is -0.444 e. The average Bonchev–Trinajstić information content (AvgIpc) is 2.79. The number of alkyl carbamates (subject to hydrolysis) is 1. The molecule has 208 valence electrons. The average molecular weight is 544 g/mol. The molecule has 2 atom stereocenters. The molecule has 0 aliphatic carbocycles. The largest absolute Gasteiger partial charge is 0.444 e. The number of amides is 3. The predicted molar refractivity (Wildman–Crippen MR) is 153 cm³/mol. The van der Waals surface area contributed by atoms with Crippen molar-refractivity contribution in [1.82, 2.24) is 10.2 Å². The summed E-state index contributed by atoms with van der Waals surface area (Å²) in [4.78, 5) is 42.2. The first-order valence-corrected chi connectivity index (χ1v) is 13.5. The van der Waals surface area contributed by atoms with Crippen LogP contribution in [-0.2, 0) is 14.3 Å². The van der Waals surface area contributed by atoms with Crippen molar-refractivity contribution in [2.45, 2.75) is 86.4 Å². The number of ether oxygens (including phenoxy) is 1. The highest BCUT2D eigenvalue weighted by molar-refractivity contribution is 6.34. The van der Waals surface area contributed by atoms with Crippen molar-refractivity contribution in [3.63, 3.8) is 0 Å². The van der Waals surface area contributed by atoms with Gasteiger partial charge in [-0.1, -0.05) is 55.8 Å². The number of aryl methyl sites for hydroxylation is 2. The number of carbonyl (C=O) groups is 3. The summed E-state index contributed by atoms with van der Waals surface area (Å²) in [5.74, 6) is -0.633. The second-order valence-corrected chi connectivity index (χ2v) is 11.5. The van der Waals surface area contributed by atoms with Crippen LogP contribution in [0.4, 0.5) is 10.5 Å². The Hall–Kier alpha value is -3.06. The fraction of sp³-hybridized carbons (Fsp3) is 0.500. The molecule has 0 aliphatic rings. The van der Waals surface area contributed by atoms with Crippen molar-refractivity contribution in [2.75, 3.05) is 11.9 Å². The molecule has 0 aromatic heterocycles. The summed E-state index contributed by atoms with van der Waals surface area (Å²) in [6.07, 6.45) is -0.286. The Kier molecular flexibility index (Phi) is 10.8. The Bertz CT molecular complexity index is 1140. The summed E-state index contributed by atoms with van der Waals surface area (Å²) in [6.45, 7) is 17.1. The molecule has 2 rings (SSSR count). The van der Waals surface area contributed by atoms with E-state index < -0.39 is 23.8 Å². The van der Waals surface area contributed by atoms with Crippen molar-refractivity contribution >= 4 is 35.2 Å². The summed E-state index contributed by atoms with van der Waals surface area (Å²) in [7, 11) is 0. The summed E-state index contributed by atoms with van der Waals surface area (Å²) in [6, 6.07) is 9.28. The van der Waals surface area contributed by atoms with Crippen LogP contribution in [0.5, 0.6) is 0 Å². The zero-order valence-electron chi connectivity index (χ0n) is 24.1. The van der Waals surface area contributed by atoms with Crippen LogP contribution in [0, 0.1) is 26.7 Å². The number of anilines is 1. The zero-order valence-corrected chi connectivity index (χ0v) is 24.8. The zero-order chi connectivity index (χ0) is 28.8. The third-order valence-electron chi connectivity index (χ3n) is 6.29. The first-order chi connectivity index (χ1) is 17.7. The minimum absolute atomic E-state index is 0.108. The molecule has 3 amide bonds. The molecule has 0 aliphatic heterocycles. The van der Waals surface area contributed by atoms with Gasteiger partial charge in [-0.05, 0) is 89.1 Å². The number of nitrogens with zero attached hydrogens (tertiary/aromatic N) is 1. The Morgan fingerprint density at radius 1 is 1.00 bits per heavy atom. The lowest BCUT2D eigenvalue weighted by Crippen LogP contribution is -2.52. The van der Waals surface area contributed by atoms with Crippen LogP contribution in [-0.4, -0.2) is 41.0 Å². The van der Waals surface area contributed by atoms with Gasteiger partial charge < -0.3 is 20.3 Å². The number of likely N-dealkylation sites (N-methyl/N-ethyl adjacent to an activating group) is 1. The smallest absolute Gasteiger partial charge is 0.408 e. The summed E-state index contributed by atoms with van der Waals surface area (Å²) < 4.78 is 5.43. The number of carbonyl (C=O) groups excluding carboxylic acids is 3. The Balaban J connectivity index is 2.56. The molecule has 2 aromatic carbocycles. The number of hydrogen-bond acceptors (Lipinski definition) is 4. The topological polar surface area (TPSA) is 87.7 Å². The molecule has 0 spiro atoms. The van der Waals surface area contributed by atoms with E-state index in [0.717, 1.165) is 16.7 Å². The lowest BCUT2D eigenvalue weighted by Gasteiger charge is -2.35. The van der Waals surface area contributed by atoms with E-state index in [4.69, 9.17) is 16.3 Å². The number of nitrogens with one attached hydrogen (secondary N) is 2. The Labute approximate surface area is 232 Å².